The van der Waals surface area contributed by atoms with E-state index in [1.54, 1.807) is 7.11 Å². The summed E-state index contributed by atoms with van der Waals surface area (Å²) in [6.07, 6.45) is 0. The van der Waals surface area contributed by atoms with Crippen molar-refractivity contribution in [2.24, 2.45) is 0 Å². The molecule has 0 N–H and O–H groups in total. The lowest BCUT2D eigenvalue weighted by molar-refractivity contribution is 0.281. The first-order chi connectivity index (χ1) is 13.3. The minimum atomic E-state index is 0.527. The number of rotatable bonds is 6. The van der Waals surface area contributed by atoms with Crippen molar-refractivity contribution in [1.82, 2.24) is 9.55 Å². The van der Waals surface area contributed by atoms with E-state index in [1.165, 1.54) is 5.56 Å². The number of benzene rings is 3. The number of methoxy groups -OCH3 is 1. The second-order valence-corrected chi connectivity index (χ2v) is 6.44. The largest absolute Gasteiger partial charge is 0.493 e. The second-order valence-electron chi connectivity index (χ2n) is 6.44. The van der Waals surface area contributed by atoms with Gasteiger partial charge in [-0.05, 0) is 31.2 Å². The maximum absolute atomic E-state index is 5.99. The van der Waals surface area contributed by atoms with E-state index < -0.39 is 0 Å². The average molecular weight is 358 g/mol. The lowest BCUT2D eigenvalue weighted by Crippen LogP contribution is -2.10. The van der Waals surface area contributed by atoms with Gasteiger partial charge in [0.25, 0.3) is 0 Å². The third kappa shape index (κ3) is 3.51. The lowest BCUT2D eigenvalue weighted by atomic mass is 10.1. The second kappa shape index (κ2) is 7.54. The Hall–Kier alpha value is -3.27. The molecule has 4 rings (SSSR count). The molecule has 4 heteroatoms. The summed E-state index contributed by atoms with van der Waals surface area (Å²) in [7, 11) is 1.65. The predicted octanol–water partition coefficient (Wildman–Crippen LogP) is 5.10. The highest BCUT2D eigenvalue weighted by Crippen LogP contribution is 2.27. The van der Waals surface area contributed by atoms with Gasteiger partial charge in [-0.1, -0.05) is 54.1 Å². The van der Waals surface area contributed by atoms with Gasteiger partial charge in [0.15, 0.2) is 11.5 Å². The van der Waals surface area contributed by atoms with E-state index in [-0.39, 0.29) is 0 Å². The maximum atomic E-state index is 5.99. The molecule has 1 aromatic heterocycles. The topological polar surface area (TPSA) is 36.3 Å². The van der Waals surface area contributed by atoms with Crippen molar-refractivity contribution in [3.8, 4) is 22.9 Å². The number of para-hydroxylation sites is 4. The van der Waals surface area contributed by atoms with Crippen LogP contribution in [0.25, 0.3) is 22.4 Å². The maximum Gasteiger partial charge on any atom is 0.161 e. The first kappa shape index (κ1) is 17.2. The quantitative estimate of drug-likeness (QED) is 0.481. The molecule has 0 unspecified atom stereocenters. The Bertz CT molecular complexity index is 1050. The van der Waals surface area contributed by atoms with Gasteiger partial charge in [0.2, 0.25) is 0 Å². The molecular weight excluding hydrogens is 336 g/mol. The van der Waals surface area contributed by atoms with Crippen LogP contribution in [-0.4, -0.2) is 23.3 Å². The highest BCUT2D eigenvalue weighted by atomic mass is 16.5. The van der Waals surface area contributed by atoms with Gasteiger partial charge >= 0.3 is 0 Å². The molecular formula is C23H22N2O2. The number of aryl methyl sites for hydroxylation is 1. The first-order valence-corrected chi connectivity index (χ1v) is 9.04. The number of ether oxygens (including phenoxy) is 2. The SMILES string of the molecule is COc1ccccc1OCCn1c(-c2ccc(C)cc2)nc2ccccc21. The van der Waals surface area contributed by atoms with Gasteiger partial charge in [0, 0.05) is 5.56 Å². The summed E-state index contributed by atoms with van der Waals surface area (Å²) in [5.41, 5.74) is 4.44. The molecule has 136 valence electrons. The molecule has 4 nitrogen and oxygen atoms in total. The summed E-state index contributed by atoms with van der Waals surface area (Å²) in [4.78, 5) is 4.85. The molecule has 0 fully saturated rings. The van der Waals surface area contributed by atoms with Crippen molar-refractivity contribution in [2.75, 3.05) is 13.7 Å². The number of hydrogen-bond acceptors (Lipinski definition) is 3. The van der Waals surface area contributed by atoms with Crippen LogP contribution in [0.1, 0.15) is 5.56 Å². The standard InChI is InChI=1S/C23H22N2O2/c1-17-11-13-18(14-12-17)23-24-19-7-3-4-8-20(19)25(23)15-16-27-22-10-6-5-9-21(22)26-2/h3-14H,15-16H2,1-2H3. The van der Waals surface area contributed by atoms with Crippen molar-refractivity contribution >= 4 is 11.0 Å². The Balaban J connectivity index is 1.64. The minimum Gasteiger partial charge on any atom is -0.493 e. The van der Waals surface area contributed by atoms with Crippen molar-refractivity contribution in [1.29, 1.82) is 0 Å². The average Bonchev–Trinajstić information content (AvgIpc) is 3.08. The highest BCUT2D eigenvalue weighted by molar-refractivity contribution is 5.80. The van der Waals surface area contributed by atoms with E-state index in [0.29, 0.717) is 13.2 Å². The van der Waals surface area contributed by atoms with Gasteiger partial charge in [0.05, 0.1) is 24.7 Å². The van der Waals surface area contributed by atoms with Crippen molar-refractivity contribution < 1.29 is 9.47 Å². The fraction of sp³-hybridized carbons (Fsp3) is 0.174. The molecule has 27 heavy (non-hydrogen) atoms. The Morgan fingerprint density at radius 1 is 0.852 bits per heavy atom. The number of aromatic nitrogens is 2. The zero-order valence-corrected chi connectivity index (χ0v) is 15.6. The van der Waals surface area contributed by atoms with Crippen LogP contribution in [0.5, 0.6) is 11.5 Å². The number of hydrogen-bond donors (Lipinski definition) is 0. The Kier molecular flexibility index (Phi) is 4.79. The molecule has 1 heterocycles. The van der Waals surface area contributed by atoms with Gasteiger partial charge in [-0.2, -0.15) is 0 Å². The monoisotopic (exact) mass is 358 g/mol. The van der Waals surface area contributed by atoms with Crippen molar-refractivity contribution in [3.05, 3.63) is 78.4 Å². The van der Waals surface area contributed by atoms with Crippen LogP contribution in [0.2, 0.25) is 0 Å². The zero-order chi connectivity index (χ0) is 18.6. The number of nitrogens with zero attached hydrogens (tertiary/aromatic N) is 2. The minimum absolute atomic E-state index is 0.527. The van der Waals surface area contributed by atoms with Crippen LogP contribution in [0, 0.1) is 6.92 Å². The number of fused-ring (bicyclic) bond motifs is 1. The molecule has 0 aliphatic rings. The van der Waals surface area contributed by atoms with Gasteiger partial charge in [-0.25, -0.2) is 4.98 Å². The summed E-state index contributed by atoms with van der Waals surface area (Å²) < 4.78 is 13.6. The molecule has 0 amide bonds. The van der Waals surface area contributed by atoms with E-state index in [2.05, 4.69) is 41.8 Å². The Morgan fingerprint density at radius 3 is 2.33 bits per heavy atom. The Labute approximate surface area is 159 Å². The van der Waals surface area contributed by atoms with Crippen LogP contribution >= 0.6 is 0 Å². The van der Waals surface area contributed by atoms with Crippen LogP contribution in [0.15, 0.2) is 72.8 Å². The van der Waals surface area contributed by atoms with Gasteiger partial charge in [-0.3, -0.25) is 0 Å². The molecule has 0 aliphatic heterocycles. The molecule has 0 spiro atoms. The van der Waals surface area contributed by atoms with E-state index in [0.717, 1.165) is 33.9 Å². The van der Waals surface area contributed by atoms with Crippen LogP contribution in [-0.2, 0) is 6.54 Å². The third-order valence-electron chi connectivity index (χ3n) is 4.61. The molecule has 0 atom stereocenters. The van der Waals surface area contributed by atoms with E-state index in [9.17, 15) is 0 Å². The molecule has 0 saturated heterocycles. The Morgan fingerprint density at radius 2 is 1.56 bits per heavy atom. The van der Waals surface area contributed by atoms with E-state index >= 15 is 0 Å². The summed E-state index contributed by atoms with van der Waals surface area (Å²) in [6.45, 7) is 3.31. The number of imidazole rings is 1. The lowest BCUT2D eigenvalue weighted by Gasteiger charge is -2.13. The zero-order valence-electron chi connectivity index (χ0n) is 15.6. The van der Waals surface area contributed by atoms with E-state index in [4.69, 9.17) is 14.5 Å². The van der Waals surface area contributed by atoms with Gasteiger partial charge < -0.3 is 14.0 Å². The van der Waals surface area contributed by atoms with Gasteiger partial charge in [0.1, 0.15) is 12.4 Å². The summed E-state index contributed by atoms with van der Waals surface area (Å²) in [5, 5.41) is 0. The van der Waals surface area contributed by atoms with Crippen molar-refractivity contribution in [2.45, 2.75) is 13.5 Å². The molecule has 0 saturated carbocycles. The fourth-order valence-corrected chi connectivity index (χ4v) is 3.21. The highest BCUT2D eigenvalue weighted by Gasteiger charge is 2.12. The normalized spacial score (nSPS) is 10.9. The summed E-state index contributed by atoms with van der Waals surface area (Å²) >= 11 is 0. The summed E-state index contributed by atoms with van der Waals surface area (Å²) in [5.74, 6) is 2.45. The molecule has 3 aromatic carbocycles. The predicted molar refractivity (Wildman–Crippen MR) is 108 cm³/mol. The fourth-order valence-electron chi connectivity index (χ4n) is 3.21. The molecule has 0 aliphatic carbocycles. The first-order valence-electron chi connectivity index (χ1n) is 9.04. The van der Waals surface area contributed by atoms with Crippen LogP contribution in [0.4, 0.5) is 0 Å². The third-order valence-corrected chi connectivity index (χ3v) is 4.61. The van der Waals surface area contributed by atoms with E-state index in [1.807, 2.05) is 42.5 Å². The molecule has 4 aromatic rings. The summed E-state index contributed by atoms with van der Waals surface area (Å²) in [6, 6.07) is 24.4. The van der Waals surface area contributed by atoms with Gasteiger partial charge in [-0.15, -0.1) is 0 Å². The van der Waals surface area contributed by atoms with Crippen LogP contribution in [0.3, 0.4) is 0 Å². The smallest absolute Gasteiger partial charge is 0.161 e. The van der Waals surface area contributed by atoms with Crippen molar-refractivity contribution in [3.63, 3.8) is 0 Å². The van der Waals surface area contributed by atoms with Crippen LogP contribution < -0.4 is 9.47 Å². The molecule has 0 bridgehead atoms. The molecule has 0 radical (unpaired) electrons.